The van der Waals surface area contributed by atoms with Gasteiger partial charge < -0.3 is 4.74 Å². The van der Waals surface area contributed by atoms with Gasteiger partial charge in [-0.05, 0) is 61.7 Å². The number of alkyl halides is 1. The Balaban J connectivity index is 1.60. The molecule has 0 aliphatic heterocycles. The molecule has 17 heavy (non-hydrogen) atoms. The molecule has 0 aromatic heterocycles. The third-order valence-corrected chi connectivity index (χ3v) is 5.57. The maximum Gasteiger partial charge on any atom is 0.0468 e. The molecule has 1 nitrogen and oxygen atoms in total. The number of hydrogen-bond acceptors (Lipinski definition) is 1. The van der Waals surface area contributed by atoms with E-state index in [1.54, 1.807) is 0 Å². The molecule has 2 bridgehead atoms. The van der Waals surface area contributed by atoms with Crippen molar-refractivity contribution in [1.29, 1.82) is 0 Å². The summed E-state index contributed by atoms with van der Waals surface area (Å²) in [6, 6.07) is 0. The number of rotatable bonds is 7. The summed E-state index contributed by atoms with van der Waals surface area (Å²) >= 11 is 5.64. The molecule has 0 aromatic rings. The first kappa shape index (κ1) is 13.7. The molecule has 3 fully saturated rings. The van der Waals surface area contributed by atoms with E-state index < -0.39 is 0 Å². The Hall–Kier alpha value is 0.250. The van der Waals surface area contributed by atoms with Crippen molar-refractivity contribution in [3.63, 3.8) is 0 Å². The standard InChI is InChI=1S/C15H27ClO/c1-15(2)13-6-5-12(14(15)11-13)7-10-17-9-4-3-8-16/h12-14H,3-11H2,1-2H3/t12-,13-,14-/m0/s1. The monoisotopic (exact) mass is 258 g/mol. The second-order valence-electron chi connectivity index (χ2n) is 6.50. The average molecular weight is 259 g/mol. The lowest BCUT2D eigenvalue weighted by molar-refractivity contribution is -0.111. The molecule has 3 aliphatic rings. The normalized spacial score (nSPS) is 34.4. The van der Waals surface area contributed by atoms with Crippen molar-refractivity contribution in [3.05, 3.63) is 0 Å². The lowest BCUT2D eigenvalue weighted by atomic mass is 9.45. The van der Waals surface area contributed by atoms with E-state index in [0.717, 1.165) is 49.7 Å². The summed E-state index contributed by atoms with van der Waals surface area (Å²) in [5.41, 5.74) is 0.627. The Morgan fingerprint density at radius 3 is 2.65 bits per heavy atom. The van der Waals surface area contributed by atoms with Gasteiger partial charge in [0.05, 0.1) is 0 Å². The average Bonchev–Trinajstić information content (AvgIpc) is 2.33. The van der Waals surface area contributed by atoms with Gasteiger partial charge in [-0.15, -0.1) is 11.6 Å². The second kappa shape index (κ2) is 5.93. The van der Waals surface area contributed by atoms with E-state index in [1.807, 2.05) is 0 Å². The molecule has 3 atom stereocenters. The van der Waals surface area contributed by atoms with Gasteiger partial charge in [-0.2, -0.15) is 0 Å². The summed E-state index contributed by atoms with van der Waals surface area (Å²) in [6.45, 7) is 6.80. The Bertz CT molecular complexity index is 237. The fraction of sp³-hybridized carbons (Fsp3) is 1.00. The number of ether oxygens (including phenoxy) is 1. The van der Waals surface area contributed by atoms with E-state index in [9.17, 15) is 0 Å². The van der Waals surface area contributed by atoms with E-state index in [0.29, 0.717) is 5.41 Å². The molecule has 100 valence electrons. The summed E-state index contributed by atoms with van der Waals surface area (Å²) in [5, 5.41) is 0. The van der Waals surface area contributed by atoms with Crippen LogP contribution in [0.4, 0.5) is 0 Å². The molecule has 2 heteroatoms. The van der Waals surface area contributed by atoms with Crippen LogP contribution in [0, 0.1) is 23.2 Å². The maximum atomic E-state index is 5.71. The quantitative estimate of drug-likeness (QED) is 0.483. The second-order valence-corrected chi connectivity index (χ2v) is 6.87. The van der Waals surface area contributed by atoms with Crippen molar-refractivity contribution in [1.82, 2.24) is 0 Å². The molecule has 3 aliphatic carbocycles. The van der Waals surface area contributed by atoms with Gasteiger partial charge in [0.1, 0.15) is 0 Å². The number of unbranched alkanes of at least 4 members (excludes halogenated alkanes) is 1. The first-order valence-corrected chi connectivity index (χ1v) is 7.83. The van der Waals surface area contributed by atoms with Crippen molar-refractivity contribution in [2.24, 2.45) is 23.2 Å². The maximum absolute atomic E-state index is 5.71. The summed E-state index contributed by atoms with van der Waals surface area (Å²) in [6.07, 6.45) is 7.88. The van der Waals surface area contributed by atoms with E-state index in [1.165, 1.54) is 25.7 Å². The van der Waals surface area contributed by atoms with Crippen molar-refractivity contribution in [2.75, 3.05) is 19.1 Å². The molecule has 0 saturated heterocycles. The molecule has 0 heterocycles. The zero-order chi connectivity index (χ0) is 12.3. The highest BCUT2D eigenvalue weighted by molar-refractivity contribution is 6.17. The Kier molecular flexibility index (Phi) is 4.77. The van der Waals surface area contributed by atoms with Crippen LogP contribution in [0.15, 0.2) is 0 Å². The number of halogens is 1. The highest BCUT2D eigenvalue weighted by atomic mass is 35.5. The molecular formula is C15H27ClO. The third kappa shape index (κ3) is 2.98. The van der Waals surface area contributed by atoms with Crippen LogP contribution in [0.1, 0.15) is 52.4 Å². The van der Waals surface area contributed by atoms with Crippen LogP contribution < -0.4 is 0 Å². The number of fused-ring (bicyclic) bond motifs is 2. The topological polar surface area (TPSA) is 9.23 Å². The predicted octanol–water partition coefficient (Wildman–Crippen LogP) is 4.48. The zero-order valence-electron chi connectivity index (χ0n) is 11.4. The molecule has 0 unspecified atom stereocenters. The molecule has 3 rings (SSSR count). The largest absolute Gasteiger partial charge is 0.381 e. The number of hydrogen-bond donors (Lipinski definition) is 0. The van der Waals surface area contributed by atoms with Crippen molar-refractivity contribution < 1.29 is 4.74 Å². The first-order chi connectivity index (χ1) is 8.16. The zero-order valence-corrected chi connectivity index (χ0v) is 12.1. The van der Waals surface area contributed by atoms with E-state index >= 15 is 0 Å². The van der Waals surface area contributed by atoms with E-state index in [4.69, 9.17) is 16.3 Å². The minimum Gasteiger partial charge on any atom is -0.381 e. The predicted molar refractivity (Wildman–Crippen MR) is 73.5 cm³/mol. The van der Waals surface area contributed by atoms with Gasteiger partial charge in [0.15, 0.2) is 0 Å². The Morgan fingerprint density at radius 2 is 2.00 bits per heavy atom. The van der Waals surface area contributed by atoms with Crippen LogP contribution >= 0.6 is 11.6 Å². The Labute approximate surface area is 111 Å². The minimum atomic E-state index is 0.627. The lowest BCUT2D eigenvalue weighted by Crippen LogP contribution is -2.52. The van der Waals surface area contributed by atoms with E-state index in [-0.39, 0.29) is 0 Å². The highest BCUT2D eigenvalue weighted by Gasteiger charge is 2.53. The Morgan fingerprint density at radius 1 is 1.18 bits per heavy atom. The highest BCUT2D eigenvalue weighted by Crippen LogP contribution is 2.61. The lowest BCUT2D eigenvalue weighted by Gasteiger charge is -2.60. The van der Waals surface area contributed by atoms with Gasteiger partial charge in [-0.1, -0.05) is 13.8 Å². The molecule has 0 aromatic carbocycles. The van der Waals surface area contributed by atoms with Gasteiger partial charge >= 0.3 is 0 Å². The van der Waals surface area contributed by atoms with Gasteiger partial charge in [-0.3, -0.25) is 0 Å². The third-order valence-electron chi connectivity index (χ3n) is 5.31. The minimum absolute atomic E-state index is 0.627. The summed E-state index contributed by atoms with van der Waals surface area (Å²) < 4.78 is 5.71. The van der Waals surface area contributed by atoms with Gasteiger partial charge in [0, 0.05) is 19.1 Å². The molecule has 0 amide bonds. The smallest absolute Gasteiger partial charge is 0.0468 e. The van der Waals surface area contributed by atoms with Crippen LogP contribution in [0.2, 0.25) is 0 Å². The van der Waals surface area contributed by atoms with Crippen molar-refractivity contribution >= 4 is 11.6 Å². The van der Waals surface area contributed by atoms with Crippen LogP contribution in [-0.2, 0) is 4.74 Å². The SMILES string of the molecule is CC1(C)[C@H]2CC[C@@H](CCOCCCCCl)[C@@H]1C2. The fourth-order valence-corrected chi connectivity index (χ4v) is 4.13. The fourth-order valence-electron chi connectivity index (χ4n) is 3.94. The summed E-state index contributed by atoms with van der Waals surface area (Å²) in [4.78, 5) is 0. The van der Waals surface area contributed by atoms with E-state index in [2.05, 4.69) is 13.8 Å². The van der Waals surface area contributed by atoms with Crippen molar-refractivity contribution in [3.8, 4) is 0 Å². The van der Waals surface area contributed by atoms with Crippen LogP contribution in [0.3, 0.4) is 0 Å². The molecule has 0 radical (unpaired) electrons. The van der Waals surface area contributed by atoms with Crippen LogP contribution in [0.5, 0.6) is 0 Å². The van der Waals surface area contributed by atoms with Gasteiger partial charge in [-0.25, -0.2) is 0 Å². The first-order valence-electron chi connectivity index (χ1n) is 7.30. The van der Waals surface area contributed by atoms with Gasteiger partial charge in [0.25, 0.3) is 0 Å². The molecular weight excluding hydrogens is 232 g/mol. The van der Waals surface area contributed by atoms with Crippen LogP contribution in [-0.4, -0.2) is 19.1 Å². The van der Waals surface area contributed by atoms with Gasteiger partial charge in [0.2, 0.25) is 0 Å². The molecule has 0 N–H and O–H groups in total. The molecule has 3 saturated carbocycles. The van der Waals surface area contributed by atoms with Crippen molar-refractivity contribution in [2.45, 2.75) is 52.4 Å². The van der Waals surface area contributed by atoms with Crippen LogP contribution in [0.25, 0.3) is 0 Å². The molecule has 0 spiro atoms. The summed E-state index contributed by atoms with van der Waals surface area (Å²) in [7, 11) is 0. The summed E-state index contributed by atoms with van der Waals surface area (Å²) in [5.74, 6) is 3.70.